The van der Waals surface area contributed by atoms with Crippen LogP contribution in [0.5, 0.6) is 0 Å². The number of benzene rings is 1. The second-order valence-electron chi connectivity index (χ2n) is 8.08. The van der Waals surface area contributed by atoms with E-state index in [1.165, 1.54) is 24.0 Å². The monoisotopic (exact) mass is 410 g/mol. The number of thiocarbonyl (C=S) groups is 1. The number of piperidine rings is 1. The predicted molar refractivity (Wildman–Crippen MR) is 123 cm³/mol. The van der Waals surface area contributed by atoms with Gasteiger partial charge in [-0.25, -0.2) is 0 Å². The Bertz CT molecular complexity index is 837. The number of hydrogen-bond acceptors (Lipinski definition) is 5. The van der Waals surface area contributed by atoms with Crippen molar-refractivity contribution in [2.75, 3.05) is 34.8 Å². The van der Waals surface area contributed by atoms with E-state index in [1.807, 2.05) is 0 Å². The molecule has 1 aromatic heterocycles. The molecule has 0 radical (unpaired) electrons. The van der Waals surface area contributed by atoms with Crippen LogP contribution in [0.1, 0.15) is 44.2 Å². The maximum absolute atomic E-state index is 5.42. The van der Waals surface area contributed by atoms with Gasteiger partial charge in [0.2, 0.25) is 5.95 Å². The molecule has 0 unspecified atom stereocenters. The number of anilines is 3. The van der Waals surface area contributed by atoms with Crippen molar-refractivity contribution in [3.8, 4) is 0 Å². The largest absolute Gasteiger partial charge is 0.362 e. The molecule has 0 atom stereocenters. The fourth-order valence-electron chi connectivity index (χ4n) is 3.92. The molecule has 154 valence electrons. The van der Waals surface area contributed by atoms with Gasteiger partial charge in [-0.2, -0.15) is 9.97 Å². The van der Waals surface area contributed by atoms with E-state index in [1.54, 1.807) is 0 Å². The maximum Gasteiger partial charge on any atom is 0.232 e. The van der Waals surface area contributed by atoms with Gasteiger partial charge in [-0.05, 0) is 48.5 Å². The summed E-state index contributed by atoms with van der Waals surface area (Å²) in [5.74, 6) is 3.29. The fraction of sp³-hybridized carbons (Fsp3) is 0.500. The summed E-state index contributed by atoms with van der Waals surface area (Å²) in [4.78, 5) is 14.3. The summed E-state index contributed by atoms with van der Waals surface area (Å²) in [5.41, 5.74) is 2.74. The second-order valence-corrected chi connectivity index (χ2v) is 8.49. The first-order valence-electron chi connectivity index (χ1n) is 10.6. The maximum atomic E-state index is 5.42. The summed E-state index contributed by atoms with van der Waals surface area (Å²) in [6.07, 6.45) is 3.42. The van der Waals surface area contributed by atoms with E-state index < -0.39 is 0 Å². The molecule has 1 saturated heterocycles. The molecule has 3 heterocycles. The molecule has 0 amide bonds. The average molecular weight is 411 g/mol. The summed E-state index contributed by atoms with van der Waals surface area (Å²) in [5, 5.41) is 6.97. The van der Waals surface area contributed by atoms with Gasteiger partial charge in [-0.1, -0.05) is 38.1 Å². The molecule has 0 saturated carbocycles. The van der Waals surface area contributed by atoms with Gasteiger partial charge in [0, 0.05) is 38.8 Å². The van der Waals surface area contributed by atoms with E-state index in [0.29, 0.717) is 11.1 Å². The third-order valence-electron chi connectivity index (χ3n) is 5.73. The highest BCUT2D eigenvalue weighted by atomic mass is 32.1. The van der Waals surface area contributed by atoms with Crippen molar-refractivity contribution in [1.82, 2.24) is 15.3 Å². The van der Waals surface area contributed by atoms with Crippen LogP contribution in [0.25, 0.3) is 0 Å². The van der Waals surface area contributed by atoms with Crippen molar-refractivity contribution in [3.63, 3.8) is 0 Å². The lowest BCUT2D eigenvalue weighted by Gasteiger charge is -2.32. The first-order chi connectivity index (χ1) is 14.1. The zero-order valence-corrected chi connectivity index (χ0v) is 18.1. The predicted octanol–water partition coefficient (Wildman–Crippen LogP) is 3.93. The molecular weight excluding hydrogens is 380 g/mol. The standard InChI is InChI=1S/C22H30N6S/c1-3-10-23-22(29)26-21-24-19(27-11-8-16(2)9-12-27)13-20(25-21)28-14-17-6-4-5-7-18(17)15-28/h4-7,13,16H,3,8-12,14-15H2,1-2H3,(H2,23,24,25,26,29). The van der Waals surface area contributed by atoms with Crippen molar-refractivity contribution in [3.05, 3.63) is 41.5 Å². The summed E-state index contributed by atoms with van der Waals surface area (Å²) in [6.45, 7) is 9.11. The zero-order chi connectivity index (χ0) is 20.2. The molecule has 7 heteroatoms. The Balaban J connectivity index is 1.59. The van der Waals surface area contributed by atoms with Crippen LogP contribution in [0.4, 0.5) is 17.6 Å². The third kappa shape index (κ3) is 4.78. The van der Waals surface area contributed by atoms with E-state index >= 15 is 0 Å². The van der Waals surface area contributed by atoms with Gasteiger partial charge in [-0.3, -0.25) is 0 Å². The van der Waals surface area contributed by atoms with Crippen LogP contribution in [0.15, 0.2) is 30.3 Å². The molecule has 0 spiro atoms. The second kappa shape index (κ2) is 8.95. The molecule has 6 nitrogen and oxygen atoms in total. The highest BCUT2D eigenvalue weighted by Gasteiger charge is 2.23. The van der Waals surface area contributed by atoms with Gasteiger partial charge in [0.15, 0.2) is 5.11 Å². The lowest BCUT2D eigenvalue weighted by molar-refractivity contribution is 0.436. The van der Waals surface area contributed by atoms with Gasteiger partial charge < -0.3 is 20.4 Å². The van der Waals surface area contributed by atoms with Gasteiger partial charge in [-0.15, -0.1) is 0 Å². The van der Waals surface area contributed by atoms with Crippen LogP contribution in [0.2, 0.25) is 0 Å². The van der Waals surface area contributed by atoms with Crippen LogP contribution in [-0.2, 0) is 13.1 Å². The normalized spacial score (nSPS) is 16.6. The smallest absolute Gasteiger partial charge is 0.232 e. The van der Waals surface area contributed by atoms with E-state index in [0.717, 1.165) is 56.7 Å². The Morgan fingerprint density at radius 3 is 2.31 bits per heavy atom. The number of rotatable bonds is 5. The summed E-state index contributed by atoms with van der Waals surface area (Å²) in [7, 11) is 0. The highest BCUT2D eigenvalue weighted by Crippen LogP contribution is 2.31. The molecule has 29 heavy (non-hydrogen) atoms. The minimum Gasteiger partial charge on any atom is -0.362 e. The van der Waals surface area contributed by atoms with Gasteiger partial charge in [0.1, 0.15) is 11.6 Å². The molecule has 2 aliphatic heterocycles. The van der Waals surface area contributed by atoms with E-state index in [-0.39, 0.29) is 0 Å². The molecule has 0 aliphatic carbocycles. The first kappa shape index (κ1) is 19.9. The number of hydrogen-bond donors (Lipinski definition) is 2. The summed E-state index contributed by atoms with van der Waals surface area (Å²) >= 11 is 5.42. The lowest BCUT2D eigenvalue weighted by atomic mass is 9.99. The molecule has 2 aliphatic rings. The minimum atomic E-state index is 0.570. The Morgan fingerprint density at radius 1 is 1.07 bits per heavy atom. The minimum absolute atomic E-state index is 0.570. The molecular formula is C22H30N6S. The molecule has 0 bridgehead atoms. The molecule has 2 N–H and O–H groups in total. The van der Waals surface area contributed by atoms with Crippen molar-refractivity contribution >= 4 is 34.9 Å². The van der Waals surface area contributed by atoms with Crippen molar-refractivity contribution in [1.29, 1.82) is 0 Å². The van der Waals surface area contributed by atoms with Gasteiger partial charge in [0.05, 0.1) is 0 Å². The Labute approximate surface area is 178 Å². The SMILES string of the molecule is CCCNC(=S)Nc1nc(N2CCC(C)CC2)cc(N2Cc3ccccc3C2)n1. The zero-order valence-electron chi connectivity index (χ0n) is 17.3. The molecule has 4 rings (SSSR count). The molecule has 2 aromatic rings. The van der Waals surface area contributed by atoms with Crippen molar-refractivity contribution < 1.29 is 0 Å². The van der Waals surface area contributed by atoms with E-state index in [9.17, 15) is 0 Å². The van der Waals surface area contributed by atoms with E-state index in [4.69, 9.17) is 22.2 Å². The number of aromatic nitrogens is 2. The third-order valence-corrected chi connectivity index (χ3v) is 5.98. The molecule has 1 fully saturated rings. The fourth-order valence-corrected chi connectivity index (χ4v) is 4.11. The van der Waals surface area contributed by atoms with Gasteiger partial charge in [0.25, 0.3) is 0 Å². The first-order valence-corrected chi connectivity index (χ1v) is 11.0. The van der Waals surface area contributed by atoms with Crippen LogP contribution >= 0.6 is 12.2 Å². The Kier molecular flexibility index (Phi) is 6.13. The Morgan fingerprint density at radius 2 is 1.69 bits per heavy atom. The van der Waals surface area contributed by atoms with Crippen LogP contribution < -0.4 is 20.4 Å². The summed E-state index contributed by atoms with van der Waals surface area (Å²) < 4.78 is 0. The molecule has 1 aromatic carbocycles. The van der Waals surface area contributed by atoms with Crippen LogP contribution in [-0.4, -0.2) is 34.7 Å². The van der Waals surface area contributed by atoms with Crippen molar-refractivity contribution in [2.24, 2.45) is 5.92 Å². The summed E-state index contributed by atoms with van der Waals surface area (Å²) in [6, 6.07) is 10.7. The van der Waals surface area contributed by atoms with E-state index in [2.05, 4.69) is 64.6 Å². The average Bonchev–Trinajstić information content (AvgIpc) is 3.17. The topological polar surface area (TPSA) is 56.3 Å². The van der Waals surface area contributed by atoms with Crippen LogP contribution in [0.3, 0.4) is 0 Å². The highest BCUT2D eigenvalue weighted by molar-refractivity contribution is 7.80. The quantitative estimate of drug-likeness (QED) is 0.724. The van der Waals surface area contributed by atoms with Crippen LogP contribution in [0, 0.1) is 5.92 Å². The number of nitrogens with zero attached hydrogens (tertiary/aromatic N) is 4. The number of fused-ring (bicyclic) bond motifs is 1. The Hall–Kier alpha value is -2.41. The van der Waals surface area contributed by atoms with Crippen molar-refractivity contribution in [2.45, 2.75) is 46.2 Å². The van der Waals surface area contributed by atoms with Gasteiger partial charge >= 0.3 is 0 Å². The lowest BCUT2D eigenvalue weighted by Crippen LogP contribution is -2.34. The number of nitrogens with one attached hydrogen (secondary N) is 2.